The molecule has 0 saturated heterocycles. The summed E-state index contributed by atoms with van der Waals surface area (Å²) in [6, 6.07) is 4.30. The monoisotopic (exact) mass is 283 g/mol. The van der Waals surface area contributed by atoms with E-state index in [9.17, 15) is 0 Å². The van der Waals surface area contributed by atoms with Crippen LogP contribution < -0.4 is 10.1 Å². The lowest BCUT2D eigenvalue weighted by Gasteiger charge is -2.21. The van der Waals surface area contributed by atoms with Crippen LogP contribution in [0.25, 0.3) is 0 Å². The van der Waals surface area contributed by atoms with E-state index in [1.165, 1.54) is 17.5 Å². The van der Waals surface area contributed by atoms with Gasteiger partial charge in [0.05, 0.1) is 6.61 Å². The number of ether oxygens (including phenoxy) is 1. The standard InChI is InChI=1S/C13H18BrNO/c1-2-3-6-16-13-8-11(14)7-10-4-5-15-9-12(10)13/h7-8,15H,2-6,9H2,1H3. The summed E-state index contributed by atoms with van der Waals surface area (Å²) in [6.07, 6.45) is 3.39. The van der Waals surface area contributed by atoms with Crippen LogP contribution in [-0.4, -0.2) is 13.2 Å². The van der Waals surface area contributed by atoms with Crippen molar-refractivity contribution in [3.05, 3.63) is 27.7 Å². The Morgan fingerprint density at radius 3 is 3.12 bits per heavy atom. The lowest BCUT2D eigenvalue weighted by atomic mass is 10.0. The fourth-order valence-electron chi connectivity index (χ4n) is 1.98. The van der Waals surface area contributed by atoms with Crippen LogP contribution >= 0.6 is 15.9 Å². The summed E-state index contributed by atoms with van der Waals surface area (Å²) in [7, 11) is 0. The molecule has 1 heterocycles. The zero-order chi connectivity index (χ0) is 11.4. The predicted molar refractivity (Wildman–Crippen MR) is 70.0 cm³/mol. The first-order chi connectivity index (χ1) is 7.81. The van der Waals surface area contributed by atoms with Crippen molar-refractivity contribution in [3.8, 4) is 5.75 Å². The van der Waals surface area contributed by atoms with Crippen molar-refractivity contribution in [1.82, 2.24) is 5.32 Å². The molecule has 16 heavy (non-hydrogen) atoms. The Hall–Kier alpha value is -0.540. The van der Waals surface area contributed by atoms with E-state index in [2.05, 4.69) is 40.3 Å². The van der Waals surface area contributed by atoms with Crippen molar-refractivity contribution in [2.75, 3.05) is 13.2 Å². The van der Waals surface area contributed by atoms with Crippen LogP contribution in [-0.2, 0) is 13.0 Å². The second kappa shape index (κ2) is 5.69. The van der Waals surface area contributed by atoms with Gasteiger partial charge >= 0.3 is 0 Å². The van der Waals surface area contributed by atoms with Gasteiger partial charge in [0.15, 0.2) is 0 Å². The highest BCUT2D eigenvalue weighted by atomic mass is 79.9. The minimum absolute atomic E-state index is 0.819. The number of hydrogen-bond acceptors (Lipinski definition) is 2. The van der Waals surface area contributed by atoms with E-state index < -0.39 is 0 Å². The van der Waals surface area contributed by atoms with Crippen LogP contribution in [0, 0.1) is 0 Å². The predicted octanol–water partition coefficient (Wildman–Crippen LogP) is 3.27. The van der Waals surface area contributed by atoms with Crippen molar-refractivity contribution in [2.24, 2.45) is 0 Å². The largest absolute Gasteiger partial charge is 0.493 e. The zero-order valence-electron chi connectivity index (χ0n) is 9.68. The van der Waals surface area contributed by atoms with Gasteiger partial charge in [-0.2, -0.15) is 0 Å². The first kappa shape index (κ1) is 11.9. The van der Waals surface area contributed by atoms with Crippen LogP contribution in [0.15, 0.2) is 16.6 Å². The number of fused-ring (bicyclic) bond motifs is 1. The number of benzene rings is 1. The molecule has 0 aromatic heterocycles. The molecule has 0 fully saturated rings. The molecule has 0 aliphatic carbocycles. The van der Waals surface area contributed by atoms with Crippen LogP contribution in [0.3, 0.4) is 0 Å². The molecule has 0 radical (unpaired) electrons. The second-order valence-electron chi connectivity index (χ2n) is 4.17. The molecule has 1 aliphatic rings. The number of nitrogens with one attached hydrogen (secondary N) is 1. The van der Waals surface area contributed by atoms with E-state index in [4.69, 9.17) is 4.74 Å². The van der Waals surface area contributed by atoms with Crippen molar-refractivity contribution in [2.45, 2.75) is 32.7 Å². The van der Waals surface area contributed by atoms with Gasteiger partial charge in [-0.3, -0.25) is 0 Å². The Balaban J connectivity index is 2.18. The fraction of sp³-hybridized carbons (Fsp3) is 0.538. The Kier molecular flexibility index (Phi) is 4.24. The summed E-state index contributed by atoms with van der Waals surface area (Å²) in [6.45, 7) is 5.00. The maximum Gasteiger partial charge on any atom is 0.125 e. The zero-order valence-corrected chi connectivity index (χ0v) is 11.3. The van der Waals surface area contributed by atoms with E-state index >= 15 is 0 Å². The summed E-state index contributed by atoms with van der Waals surface area (Å²) in [5.41, 5.74) is 2.75. The summed E-state index contributed by atoms with van der Waals surface area (Å²) in [5, 5.41) is 3.40. The van der Waals surface area contributed by atoms with Crippen molar-refractivity contribution in [1.29, 1.82) is 0 Å². The summed E-state index contributed by atoms with van der Waals surface area (Å²) < 4.78 is 6.98. The number of halogens is 1. The summed E-state index contributed by atoms with van der Waals surface area (Å²) in [5.74, 6) is 1.05. The Morgan fingerprint density at radius 1 is 1.44 bits per heavy atom. The van der Waals surface area contributed by atoms with Gasteiger partial charge in [0.2, 0.25) is 0 Å². The third-order valence-corrected chi connectivity index (χ3v) is 3.35. The third-order valence-electron chi connectivity index (χ3n) is 2.89. The molecule has 0 atom stereocenters. The minimum atomic E-state index is 0.819. The first-order valence-corrected chi connectivity index (χ1v) is 6.75. The molecule has 1 aliphatic heterocycles. The maximum absolute atomic E-state index is 5.86. The maximum atomic E-state index is 5.86. The molecule has 0 amide bonds. The lowest BCUT2D eigenvalue weighted by molar-refractivity contribution is 0.304. The number of unbranched alkanes of at least 4 members (excludes halogenated alkanes) is 1. The van der Waals surface area contributed by atoms with Gasteiger partial charge in [0, 0.05) is 16.6 Å². The molecule has 88 valence electrons. The highest BCUT2D eigenvalue weighted by molar-refractivity contribution is 9.10. The second-order valence-corrected chi connectivity index (χ2v) is 5.09. The molecule has 1 aromatic rings. The van der Waals surface area contributed by atoms with Gasteiger partial charge in [-0.05, 0) is 37.1 Å². The van der Waals surface area contributed by atoms with Gasteiger partial charge in [-0.15, -0.1) is 0 Å². The first-order valence-electron chi connectivity index (χ1n) is 5.96. The Bertz CT molecular complexity index is 365. The van der Waals surface area contributed by atoms with Gasteiger partial charge in [0.1, 0.15) is 5.75 Å². The van der Waals surface area contributed by atoms with Crippen LogP contribution in [0.1, 0.15) is 30.9 Å². The molecule has 1 N–H and O–H groups in total. The van der Waals surface area contributed by atoms with Crippen molar-refractivity contribution < 1.29 is 4.74 Å². The van der Waals surface area contributed by atoms with E-state index in [1.54, 1.807) is 0 Å². The van der Waals surface area contributed by atoms with Crippen molar-refractivity contribution in [3.63, 3.8) is 0 Å². The molecule has 0 spiro atoms. The Morgan fingerprint density at radius 2 is 2.31 bits per heavy atom. The topological polar surface area (TPSA) is 21.3 Å². The van der Waals surface area contributed by atoms with Gasteiger partial charge < -0.3 is 10.1 Å². The average Bonchev–Trinajstić information content (AvgIpc) is 2.29. The summed E-state index contributed by atoms with van der Waals surface area (Å²) in [4.78, 5) is 0. The van der Waals surface area contributed by atoms with Gasteiger partial charge in [-0.25, -0.2) is 0 Å². The van der Waals surface area contributed by atoms with Gasteiger partial charge in [-0.1, -0.05) is 29.3 Å². The third kappa shape index (κ3) is 2.77. The van der Waals surface area contributed by atoms with E-state index in [-0.39, 0.29) is 0 Å². The van der Waals surface area contributed by atoms with Crippen LogP contribution in [0.4, 0.5) is 0 Å². The highest BCUT2D eigenvalue weighted by Crippen LogP contribution is 2.29. The molecule has 3 heteroatoms. The highest BCUT2D eigenvalue weighted by Gasteiger charge is 2.14. The molecule has 2 nitrogen and oxygen atoms in total. The molecule has 1 aromatic carbocycles. The molecule has 0 unspecified atom stereocenters. The van der Waals surface area contributed by atoms with Crippen LogP contribution in [0.5, 0.6) is 5.75 Å². The number of rotatable bonds is 4. The lowest BCUT2D eigenvalue weighted by Crippen LogP contribution is -2.24. The smallest absolute Gasteiger partial charge is 0.125 e. The fourth-order valence-corrected chi connectivity index (χ4v) is 2.47. The molecule has 2 rings (SSSR count). The average molecular weight is 284 g/mol. The van der Waals surface area contributed by atoms with Gasteiger partial charge in [0.25, 0.3) is 0 Å². The SMILES string of the molecule is CCCCOc1cc(Br)cc2c1CNCC2. The normalized spacial score (nSPS) is 14.6. The molecule has 0 bridgehead atoms. The molecular weight excluding hydrogens is 266 g/mol. The van der Waals surface area contributed by atoms with E-state index in [0.29, 0.717) is 0 Å². The van der Waals surface area contributed by atoms with Crippen molar-refractivity contribution >= 4 is 15.9 Å². The van der Waals surface area contributed by atoms with Crippen LogP contribution in [0.2, 0.25) is 0 Å². The molecule has 0 saturated carbocycles. The van der Waals surface area contributed by atoms with E-state index in [0.717, 1.165) is 42.8 Å². The molecular formula is C13H18BrNO. The number of hydrogen-bond donors (Lipinski definition) is 1. The summed E-state index contributed by atoms with van der Waals surface area (Å²) >= 11 is 3.55. The minimum Gasteiger partial charge on any atom is -0.493 e. The van der Waals surface area contributed by atoms with E-state index in [1.807, 2.05) is 0 Å². The Labute approximate surface area is 106 Å². The quantitative estimate of drug-likeness (QED) is 0.857.